The molecule has 3 aromatic rings. The quantitative estimate of drug-likeness (QED) is 0.661. The van der Waals surface area contributed by atoms with E-state index < -0.39 is 0 Å². The van der Waals surface area contributed by atoms with Crippen LogP contribution in [-0.2, 0) is 6.42 Å². The molecule has 0 bridgehead atoms. The molecule has 0 atom stereocenters. The van der Waals surface area contributed by atoms with Gasteiger partial charge < -0.3 is 0 Å². The van der Waals surface area contributed by atoms with Crippen molar-refractivity contribution in [2.24, 2.45) is 0 Å². The fraction of sp³-hybridized carbons (Fsp3) is 0.350. The number of hydrogen-bond acceptors (Lipinski definition) is 3. The van der Waals surface area contributed by atoms with Gasteiger partial charge in [-0.1, -0.05) is 24.6 Å². The lowest BCUT2D eigenvalue weighted by Gasteiger charge is -2.10. The van der Waals surface area contributed by atoms with Gasteiger partial charge in [0.05, 0.1) is 28.5 Å². The highest BCUT2D eigenvalue weighted by Crippen LogP contribution is 2.28. The Morgan fingerprint density at radius 2 is 2.00 bits per heavy atom. The van der Waals surface area contributed by atoms with Crippen LogP contribution in [0.25, 0.3) is 16.8 Å². The molecule has 3 aromatic heterocycles. The van der Waals surface area contributed by atoms with Crippen molar-refractivity contribution in [1.82, 2.24) is 19.4 Å². The molecule has 5 heteroatoms. The molecule has 0 fully saturated rings. The van der Waals surface area contributed by atoms with Crippen LogP contribution in [0.3, 0.4) is 0 Å². The number of hydrogen-bond donors (Lipinski definition) is 0. The first-order chi connectivity index (χ1) is 12.0. The Labute approximate surface area is 147 Å². The van der Waals surface area contributed by atoms with Crippen molar-refractivity contribution < 1.29 is 0 Å². The van der Waals surface area contributed by atoms with Gasteiger partial charge in [0.25, 0.3) is 5.56 Å². The summed E-state index contributed by atoms with van der Waals surface area (Å²) in [6.07, 6.45) is 5.87. The van der Waals surface area contributed by atoms with E-state index in [-0.39, 0.29) is 11.6 Å². The molecule has 0 spiro atoms. The highest BCUT2D eigenvalue weighted by Gasteiger charge is 2.17. The van der Waals surface area contributed by atoms with Crippen LogP contribution in [0.15, 0.2) is 53.0 Å². The van der Waals surface area contributed by atoms with Crippen molar-refractivity contribution in [3.05, 3.63) is 64.2 Å². The third-order valence-corrected chi connectivity index (χ3v) is 4.44. The lowest BCUT2D eigenvalue weighted by molar-refractivity contribution is 0.505. The minimum atomic E-state index is -0.0838. The molecule has 5 nitrogen and oxygen atoms in total. The topological polar surface area (TPSA) is 52.2 Å². The second-order valence-electron chi connectivity index (χ2n) is 6.42. The van der Waals surface area contributed by atoms with Crippen LogP contribution >= 0.6 is 0 Å². The number of nitrogens with zero attached hydrogens (tertiary/aromatic N) is 4. The summed E-state index contributed by atoms with van der Waals surface area (Å²) >= 11 is 0. The molecule has 0 aliphatic carbocycles. The fourth-order valence-corrected chi connectivity index (χ4v) is 3.03. The van der Waals surface area contributed by atoms with E-state index in [1.54, 1.807) is 12.1 Å². The molecule has 0 radical (unpaired) electrons. The molecule has 0 saturated heterocycles. The number of pyridine rings is 1. The van der Waals surface area contributed by atoms with Crippen molar-refractivity contribution in [2.75, 3.05) is 0 Å². The monoisotopic (exact) mass is 336 g/mol. The lowest BCUT2D eigenvalue weighted by Crippen LogP contribution is -2.24. The molecule has 0 aliphatic heterocycles. The summed E-state index contributed by atoms with van der Waals surface area (Å²) in [5, 5.41) is 9.39. The van der Waals surface area contributed by atoms with E-state index in [0.29, 0.717) is 0 Å². The molecule has 0 aliphatic rings. The van der Waals surface area contributed by atoms with Crippen LogP contribution in [0.4, 0.5) is 0 Å². The summed E-state index contributed by atoms with van der Waals surface area (Å²) in [5.41, 5.74) is 5.04. The van der Waals surface area contributed by atoms with Gasteiger partial charge >= 0.3 is 0 Å². The van der Waals surface area contributed by atoms with Crippen LogP contribution in [0, 0.1) is 0 Å². The predicted octanol–water partition coefficient (Wildman–Crippen LogP) is 4.04. The third kappa shape index (κ3) is 3.27. The average Bonchev–Trinajstić information content (AvgIpc) is 2.97. The number of rotatable bonds is 5. The van der Waals surface area contributed by atoms with Crippen molar-refractivity contribution >= 4 is 5.52 Å². The maximum absolute atomic E-state index is 12.1. The second-order valence-corrected chi connectivity index (χ2v) is 6.42. The Bertz CT molecular complexity index is 979. The molecule has 0 unspecified atom stereocenters. The maximum Gasteiger partial charge on any atom is 0.267 e. The summed E-state index contributed by atoms with van der Waals surface area (Å²) in [6, 6.07) is 9.41. The van der Waals surface area contributed by atoms with Crippen LogP contribution in [-0.4, -0.2) is 19.4 Å². The summed E-state index contributed by atoms with van der Waals surface area (Å²) < 4.78 is 3.42. The highest BCUT2D eigenvalue weighted by atomic mass is 16.1. The second kappa shape index (κ2) is 7.05. The minimum Gasteiger partial charge on any atom is -0.268 e. The van der Waals surface area contributed by atoms with Crippen molar-refractivity contribution in [2.45, 2.75) is 46.6 Å². The van der Waals surface area contributed by atoms with E-state index in [1.807, 2.05) is 42.8 Å². The molecule has 3 heterocycles. The van der Waals surface area contributed by atoms with Crippen molar-refractivity contribution in [1.29, 1.82) is 0 Å². The summed E-state index contributed by atoms with van der Waals surface area (Å²) in [4.78, 5) is 12.1. The Kier molecular flexibility index (Phi) is 4.83. The van der Waals surface area contributed by atoms with Crippen LogP contribution < -0.4 is 5.56 Å². The summed E-state index contributed by atoms with van der Waals surface area (Å²) in [5.74, 6) is 0. The van der Waals surface area contributed by atoms with Crippen molar-refractivity contribution in [3.63, 3.8) is 0 Å². The normalized spacial score (nSPS) is 12.3. The highest BCUT2D eigenvalue weighted by molar-refractivity contribution is 5.80. The molecular weight excluding hydrogens is 312 g/mol. The lowest BCUT2D eigenvalue weighted by atomic mass is 10.0. The molecule has 130 valence electrons. The van der Waals surface area contributed by atoms with E-state index in [4.69, 9.17) is 5.10 Å². The number of aromatic nitrogens is 4. The number of fused-ring (bicyclic) bond motifs is 1. The molecule has 0 amide bonds. The number of allylic oxidation sites excluding steroid dienone is 2. The van der Waals surface area contributed by atoms with E-state index in [2.05, 4.69) is 25.0 Å². The summed E-state index contributed by atoms with van der Waals surface area (Å²) in [6.45, 7) is 8.14. The smallest absolute Gasteiger partial charge is 0.267 e. The average molecular weight is 336 g/mol. The summed E-state index contributed by atoms with van der Waals surface area (Å²) in [7, 11) is 0. The van der Waals surface area contributed by atoms with Crippen LogP contribution in [0.2, 0.25) is 0 Å². The van der Waals surface area contributed by atoms with E-state index in [1.165, 1.54) is 10.3 Å². The Hall–Kier alpha value is -2.69. The first-order valence-corrected chi connectivity index (χ1v) is 8.75. The molecule has 3 rings (SSSR count). The van der Waals surface area contributed by atoms with Gasteiger partial charge in [0, 0.05) is 18.7 Å². The molecule has 0 N–H and O–H groups in total. The SMILES string of the molecule is CC=C(CC)Cc1nn2ccccc2c1-c1ccc(=O)n(C(C)C)n1. The molecule has 0 aromatic carbocycles. The Morgan fingerprint density at radius 3 is 2.68 bits per heavy atom. The zero-order chi connectivity index (χ0) is 18.0. The van der Waals surface area contributed by atoms with Gasteiger partial charge in [-0.05, 0) is 45.4 Å². The van der Waals surface area contributed by atoms with E-state index in [0.717, 1.165) is 35.3 Å². The van der Waals surface area contributed by atoms with Gasteiger partial charge in [-0.25, -0.2) is 9.20 Å². The maximum atomic E-state index is 12.1. The fourth-order valence-electron chi connectivity index (χ4n) is 3.03. The third-order valence-electron chi connectivity index (χ3n) is 4.44. The Balaban J connectivity index is 2.24. The van der Waals surface area contributed by atoms with Crippen LogP contribution in [0.5, 0.6) is 0 Å². The van der Waals surface area contributed by atoms with Crippen molar-refractivity contribution in [3.8, 4) is 11.3 Å². The van der Waals surface area contributed by atoms with E-state index >= 15 is 0 Å². The zero-order valence-corrected chi connectivity index (χ0v) is 15.2. The minimum absolute atomic E-state index is 0.0134. The van der Waals surface area contributed by atoms with Gasteiger partial charge in [0.2, 0.25) is 0 Å². The first-order valence-electron chi connectivity index (χ1n) is 8.75. The molecular formula is C20H24N4O. The molecule has 25 heavy (non-hydrogen) atoms. The van der Waals surface area contributed by atoms with Gasteiger partial charge in [-0.15, -0.1) is 0 Å². The Morgan fingerprint density at radius 1 is 1.20 bits per heavy atom. The molecule has 0 saturated carbocycles. The van der Waals surface area contributed by atoms with Gasteiger partial charge in [-0.2, -0.15) is 10.2 Å². The van der Waals surface area contributed by atoms with Gasteiger partial charge in [-0.3, -0.25) is 4.79 Å². The van der Waals surface area contributed by atoms with Gasteiger partial charge in [0.1, 0.15) is 0 Å². The first kappa shape index (κ1) is 17.1. The van der Waals surface area contributed by atoms with Gasteiger partial charge in [0.15, 0.2) is 0 Å². The predicted molar refractivity (Wildman–Crippen MR) is 101 cm³/mol. The largest absolute Gasteiger partial charge is 0.268 e. The van der Waals surface area contributed by atoms with E-state index in [9.17, 15) is 4.79 Å². The van der Waals surface area contributed by atoms with Crippen LogP contribution in [0.1, 0.15) is 45.9 Å². The zero-order valence-electron chi connectivity index (χ0n) is 15.2. The standard InChI is InChI=1S/C20H24N4O/c1-5-15(6-2)13-17-20(18-9-7-8-12-23(18)21-17)16-10-11-19(25)24(22-16)14(3)4/h5,7-12,14H,6,13H2,1-4H3.